The van der Waals surface area contributed by atoms with Gasteiger partial charge in [-0.25, -0.2) is 4.39 Å². The Bertz CT molecular complexity index is 776. The van der Waals surface area contributed by atoms with Gasteiger partial charge in [0.2, 0.25) is 5.91 Å². The molecule has 136 valence electrons. The van der Waals surface area contributed by atoms with Crippen LogP contribution >= 0.6 is 11.8 Å². The van der Waals surface area contributed by atoms with Crippen LogP contribution < -0.4 is 4.74 Å². The van der Waals surface area contributed by atoms with E-state index in [0.29, 0.717) is 13.1 Å². The Balaban J connectivity index is 1.60. The van der Waals surface area contributed by atoms with Crippen LogP contribution in [0.2, 0.25) is 0 Å². The van der Waals surface area contributed by atoms with Crippen LogP contribution in [0.15, 0.2) is 54.6 Å². The lowest BCUT2D eigenvalue weighted by Crippen LogP contribution is -2.31. The summed E-state index contributed by atoms with van der Waals surface area (Å²) in [6, 6.07) is 14.5. The molecule has 3 nitrogen and oxygen atoms in total. The van der Waals surface area contributed by atoms with Crippen LogP contribution in [0.3, 0.4) is 0 Å². The number of hydrogen-bond acceptors (Lipinski definition) is 3. The van der Waals surface area contributed by atoms with Gasteiger partial charge in [0.1, 0.15) is 11.6 Å². The minimum absolute atomic E-state index is 0.00407. The van der Waals surface area contributed by atoms with Crippen molar-refractivity contribution in [3.05, 3.63) is 71.6 Å². The quantitative estimate of drug-likeness (QED) is 0.738. The molecule has 1 saturated heterocycles. The van der Waals surface area contributed by atoms with Gasteiger partial charge >= 0.3 is 0 Å². The first-order valence-electron chi connectivity index (χ1n) is 8.64. The van der Waals surface area contributed by atoms with E-state index in [0.717, 1.165) is 29.1 Å². The number of halogens is 1. The Hall–Kier alpha value is -2.27. The molecule has 3 rings (SSSR count). The molecule has 0 aliphatic carbocycles. The van der Waals surface area contributed by atoms with Crippen LogP contribution in [0.1, 0.15) is 22.8 Å². The maximum atomic E-state index is 14.0. The summed E-state index contributed by atoms with van der Waals surface area (Å²) < 4.78 is 19.1. The van der Waals surface area contributed by atoms with Gasteiger partial charge in [0.25, 0.3) is 0 Å². The normalized spacial score (nSPS) is 17.9. The SMILES string of the molecule is COc1ccc(/C=C/C(=O)N2CCSC(c3ccccc3F)CC2)cc1. The summed E-state index contributed by atoms with van der Waals surface area (Å²) in [5.74, 6) is 1.43. The zero-order chi connectivity index (χ0) is 18.4. The fourth-order valence-electron chi connectivity index (χ4n) is 2.96. The number of nitrogens with zero attached hydrogens (tertiary/aromatic N) is 1. The van der Waals surface area contributed by atoms with Gasteiger partial charge in [-0.1, -0.05) is 30.3 Å². The van der Waals surface area contributed by atoms with Gasteiger partial charge in [0.15, 0.2) is 0 Å². The number of thioether (sulfide) groups is 1. The molecule has 5 heteroatoms. The molecule has 1 amide bonds. The molecule has 0 N–H and O–H groups in total. The first-order valence-corrected chi connectivity index (χ1v) is 9.69. The molecule has 26 heavy (non-hydrogen) atoms. The van der Waals surface area contributed by atoms with Crippen molar-refractivity contribution < 1.29 is 13.9 Å². The fourth-order valence-corrected chi connectivity index (χ4v) is 4.22. The lowest BCUT2D eigenvalue weighted by molar-refractivity contribution is -0.125. The van der Waals surface area contributed by atoms with Gasteiger partial charge < -0.3 is 9.64 Å². The summed E-state index contributed by atoms with van der Waals surface area (Å²) in [6.45, 7) is 1.32. The fraction of sp³-hybridized carbons (Fsp3) is 0.286. The highest BCUT2D eigenvalue weighted by Gasteiger charge is 2.22. The van der Waals surface area contributed by atoms with Crippen molar-refractivity contribution in [2.24, 2.45) is 0 Å². The third-order valence-electron chi connectivity index (χ3n) is 4.44. The standard InChI is InChI=1S/C21H22FNO2S/c1-25-17-9-6-16(7-10-17)8-11-21(24)23-13-12-20(26-15-14-23)18-4-2-3-5-19(18)22/h2-11,20H,12-15H2,1H3/b11-8+. The van der Waals surface area contributed by atoms with E-state index >= 15 is 0 Å². The average molecular weight is 371 g/mol. The van der Waals surface area contributed by atoms with E-state index in [2.05, 4.69) is 0 Å². The Morgan fingerprint density at radius 2 is 1.96 bits per heavy atom. The highest BCUT2D eigenvalue weighted by Crippen LogP contribution is 2.35. The van der Waals surface area contributed by atoms with Gasteiger partial charge in [-0.2, -0.15) is 11.8 Å². The van der Waals surface area contributed by atoms with Crippen molar-refractivity contribution in [1.29, 1.82) is 0 Å². The van der Waals surface area contributed by atoms with Crippen LogP contribution in [-0.2, 0) is 4.79 Å². The highest BCUT2D eigenvalue weighted by molar-refractivity contribution is 7.99. The van der Waals surface area contributed by atoms with Crippen molar-refractivity contribution in [3.63, 3.8) is 0 Å². The lowest BCUT2D eigenvalue weighted by atomic mass is 10.1. The average Bonchev–Trinajstić information content (AvgIpc) is 2.93. The van der Waals surface area contributed by atoms with Gasteiger partial charge in [0, 0.05) is 35.7 Å². The predicted octanol–water partition coefficient (Wildman–Crippen LogP) is 4.55. The minimum Gasteiger partial charge on any atom is -0.497 e. The van der Waals surface area contributed by atoms with E-state index < -0.39 is 0 Å². The summed E-state index contributed by atoms with van der Waals surface area (Å²) in [5.41, 5.74) is 1.69. The smallest absolute Gasteiger partial charge is 0.246 e. The molecule has 1 heterocycles. The molecule has 0 saturated carbocycles. The molecule has 0 spiro atoms. The monoisotopic (exact) mass is 371 g/mol. The first-order chi connectivity index (χ1) is 12.7. The summed E-state index contributed by atoms with van der Waals surface area (Å²) >= 11 is 1.72. The van der Waals surface area contributed by atoms with Gasteiger partial charge in [-0.3, -0.25) is 4.79 Å². The topological polar surface area (TPSA) is 29.5 Å². The number of amides is 1. The molecule has 2 aromatic carbocycles. The highest BCUT2D eigenvalue weighted by atomic mass is 32.2. The van der Waals surface area contributed by atoms with E-state index in [1.807, 2.05) is 47.4 Å². The van der Waals surface area contributed by atoms with E-state index in [4.69, 9.17) is 4.74 Å². The van der Waals surface area contributed by atoms with Crippen LogP contribution in [0.25, 0.3) is 6.08 Å². The largest absolute Gasteiger partial charge is 0.497 e. The van der Waals surface area contributed by atoms with Crippen LogP contribution in [0, 0.1) is 5.82 Å². The molecule has 1 fully saturated rings. The lowest BCUT2D eigenvalue weighted by Gasteiger charge is -2.18. The van der Waals surface area contributed by atoms with Crippen molar-refractivity contribution in [2.75, 3.05) is 26.0 Å². The molecule has 0 bridgehead atoms. The minimum atomic E-state index is -0.163. The summed E-state index contributed by atoms with van der Waals surface area (Å²) in [5, 5.41) is 0.0968. The molecular weight excluding hydrogens is 349 g/mol. The van der Waals surface area contributed by atoms with Crippen LogP contribution in [0.5, 0.6) is 5.75 Å². The van der Waals surface area contributed by atoms with Crippen LogP contribution in [0.4, 0.5) is 4.39 Å². The zero-order valence-electron chi connectivity index (χ0n) is 14.7. The first kappa shape index (κ1) is 18.5. The van der Waals surface area contributed by atoms with E-state index in [1.165, 1.54) is 6.07 Å². The van der Waals surface area contributed by atoms with Crippen molar-refractivity contribution in [2.45, 2.75) is 11.7 Å². The Morgan fingerprint density at radius 1 is 1.19 bits per heavy atom. The summed E-state index contributed by atoms with van der Waals surface area (Å²) in [7, 11) is 1.63. The second kappa shape index (κ2) is 8.90. The second-order valence-corrected chi connectivity index (χ2v) is 7.41. The number of hydrogen-bond donors (Lipinski definition) is 0. The molecule has 0 radical (unpaired) electrons. The maximum Gasteiger partial charge on any atom is 0.246 e. The number of carbonyl (C=O) groups is 1. The molecule has 1 unspecified atom stereocenters. The van der Waals surface area contributed by atoms with E-state index in [-0.39, 0.29) is 17.0 Å². The maximum absolute atomic E-state index is 14.0. The van der Waals surface area contributed by atoms with Crippen molar-refractivity contribution in [3.8, 4) is 5.75 Å². The molecular formula is C21H22FNO2S. The Labute approximate surface area is 157 Å². The molecule has 2 aromatic rings. The molecule has 1 atom stereocenters. The second-order valence-electron chi connectivity index (χ2n) is 6.10. The Morgan fingerprint density at radius 3 is 2.69 bits per heavy atom. The van der Waals surface area contributed by atoms with E-state index in [1.54, 1.807) is 31.0 Å². The third kappa shape index (κ3) is 4.67. The third-order valence-corrected chi connectivity index (χ3v) is 5.75. The zero-order valence-corrected chi connectivity index (χ0v) is 15.5. The van der Waals surface area contributed by atoms with Crippen molar-refractivity contribution in [1.82, 2.24) is 4.90 Å². The summed E-state index contributed by atoms with van der Waals surface area (Å²) in [6.07, 6.45) is 4.18. The predicted molar refractivity (Wildman–Crippen MR) is 105 cm³/mol. The van der Waals surface area contributed by atoms with Crippen molar-refractivity contribution >= 4 is 23.7 Å². The van der Waals surface area contributed by atoms with Gasteiger partial charge in [-0.05, 0) is 36.3 Å². The Kier molecular flexibility index (Phi) is 6.34. The van der Waals surface area contributed by atoms with Gasteiger partial charge in [0.05, 0.1) is 7.11 Å². The van der Waals surface area contributed by atoms with Gasteiger partial charge in [-0.15, -0.1) is 0 Å². The number of benzene rings is 2. The number of methoxy groups -OCH3 is 1. The molecule has 1 aliphatic rings. The number of ether oxygens (including phenoxy) is 1. The van der Waals surface area contributed by atoms with E-state index in [9.17, 15) is 9.18 Å². The summed E-state index contributed by atoms with van der Waals surface area (Å²) in [4.78, 5) is 14.3. The number of rotatable bonds is 4. The molecule has 0 aromatic heterocycles. The number of carbonyl (C=O) groups excluding carboxylic acids is 1. The molecule has 1 aliphatic heterocycles. The van der Waals surface area contributed by atoms with Crippen LogP contribution in [-0.4, -0.2) is 36.8 Å².